The van der Waals surface area contributed by atoms with Gasteiger partial charge in [-0.1, -0.05) is 36.5 Å². The lowest BCUT2D eigenvalue weighted by Crippen LogP contribution is -2.31. The molecule has 0 amide bonds. The van der Waals surface area contributed by atoms with Gasteiger partial charge in [0, 0.05) is 11.9 Å². The molecule has 0 fully saturated rings. The van der Waals surface area contributed by atoms with Gasteiger partial charge < -0.3 is 4.74 Å². The van der Waals surface area contributed by atoms with Crippen molar-refractivity contribution in [2.75, 3.05) is 5.88 Å². The highest BCUT2D eigenvalue weighted by molar-refractivity contribution is 6.42. The maximum Gasteiger partial charge on any atom is 0.319 e. The van der Waals surface area contributed by atoms with Crippen molar-refractivity contribution in [3.05, 3.63) is 40.0 Å². The Balaban J connectivity index is 2.42. The van der Waals surface area contributed by atoms with E-state index in [0.29, 0.717) is 21.6 Å². The van der Waals surface area contributed by atoms with Crippen LogP contribution in [0.2, 0.25) is 10.0 Å². The number of carbonyl (C=O) groups is 1. The minimum Gasteiger partial charge on any atom is -0.407 e. The van der Waals surface area contributed by atoms with Gasteiger partial charge in [0.2, 0.25) is 5.88 Å². The molecule has 0 aliphatic carbocycles. The molecule has 24 heavy (non-hydrogen) atoms. The van der Waals surface area contributed by atoms with Gasteiger partial charge in [-0.25, -0.2) is 4.68 Å². The standard InChI is InChI=1S/C17H19Cl3N2O2/c1-4-5-11-8-15(24-16(23)17(2,3)10-18)22(21-11)12-6-7-13(19)14(20)9-12/h6-9H,4-5,10H2,1-3H3. The van der Waals surface area contributed by atoms with E-state index in [0.717, 1.165) is 18.5 Å². The van der Waals surface area contributed by atoms with E-state index in [9.17, 15) is 4.79 Å². The maximum absolute atomic E-state index is 12.3. The topological polar surface area (TPSA) is 44.1 Å². The molecule has 4 nitrogen and oxygen atoms in total. The van der Waals surface area contributed by atoms with Gasteiger partial charge in [-0.3, -0.25) is 4.79 Å². The molecule has 2 rings (SSSR count). The first-order valence-corrected chi connectivity index (χ1v) is 8.90. The van der Waals surface area contributed by atoms with Gasteiger partial charge in [-0.15, -0.1) is 11.6 Å². The summed E-state index contributed by atoms with van der Waals surface area (Å²) in [6, 6.07) is 6.88. The summed E-state index contributed by atoms with van der Waals surface area (Å²) in [5.41, 5.74) is 0.701. The Morgan fingerprint density at radius 1 is 1.25 bits per heavy atom. The Hall–Kier alpha value is -1.23. The Kier molecular flexibility index (Phi) is 6.18. The lowest BCUT2D eigenvalue weighted by Gasteiger charge is -2.19. The first kappa shape index (κ1) is 19.1. The third-order valence-electron chi connectivity index (χ3n) is 3.47. The van der Waals surface area contributed by atoms with E-state index in [4.69, 9.17) is 39.5 Å². The van der Waals surface area contributed by atoms with Crippen molar-refractivity contribution in [3.63, 3.8) is 0 Å². The van der Waals surface area contributed by atoms with Gasteiger partial charge in [-0.05, 0) is 38.5 Å². The summed E-state index contributed by atoms with van der Waals surface area (Å²) in [6.07, 6.45) is 1.71. The summed E-state index contributed by atoms with van der Waals surface area (Å²) >= 11 is 17.9. The van der Waals surface area contributed by atoms with E-state index < -0.39 is 11.4 Å². The van der Waals surface area contributed by atoms with Crippen LogP contribution in [0.1, 0.15) is 32.9 Å². The van der Waals surface area contributed by atoms with Crippen molar-refractivity contribution < 1.29 is 9.53 Å². The number of esters is 1. The van der Waals surface area contributed by atoms with E-state index >= 15 is 0 Å². The Bertz CT molecular complexity index is 741. The van der Waals surface area contributed by atoms with Crippen molar-refractivity contribution in [1.29, 1.82) is 0 Å². The lowest BCUT2D eigenvalue weighted by atomic mass is 9.97. The van der Waals surface area contributed by atoms with Crippen LogP contribution in [0.3, 0.4) is 0 Å². The molecule has 0 bridgehead atoms. The molecular formula is C17H19Cl3N2O2. The molecule has 0 N–H and O–H groups in total. The maximum atomic E-state index is 12.3. The molecule has 0 radical (unpaired) electrons. The normalized spacial score (nSPS) is 11.6. The van der Waals surface area contributed by atoms with Crippen LogP contribution in [0.4, 0.5) is 0 Å². The number of hydrogen-bond donors (Lipinski definition) is 0. The van der Waals surface area contributed by atoms with Crippen LogP contribution in [0.15, 0.2) is 24.3 Å². The minimum atomic E-state index is -0.792. The number of aryl methyl sites for hydroxylation is 1. The average Bonchev–Trinajstić information content (AvgIpc) is 2.93. The van der Waals surface area contributed by atoms with E-state index in [1.165, 1.54) is 0 Å². The van der Waals surface area contributed by atoms with Crippen LogP contribution in [0.25, 0.3) is 5.69 Å². The third kappa shape index (κ3) is 4.24. The molecule has 0 saturated heterocycles. The number of aromatic nitrogens is 2. The van der Waals surface area contributed by atoms with Gasteiger partial charge >= 0.3 is 5.97 Å². The van der Waals surface area contributed by atoms with Crippen molar-refractivity contribution >= 4 is 40.8 Å². The molecule has 1 heterocycles. The molecule has 130 valence electrons. The molecular weight excluding hydrogens is 371 g/mol. The van der Waals surface area contributed by atoms with E-state index in [1.807, 2.05) is 0 Å². The fraction of sp³-hybridized carbons (Fsp3) is 0.412. The van der Waals surface area contributed by atoms with Crippen molar-refractivity contribution in [3.8, 4) is 11.6 Å². The highest BCUT2D eigenvalue weighted by Crippen LogP contribution is 2.29. The molecule has 0 saturated carbocycles. The SMILES string of the molecule is CCCc1cc(OC(=O)C(C)(C)CCl)n(-c2ccc(Cl)c(Cl)c2)n1. The number of benzene rings is 1. The molecule has 0 spiro atoms. The second kappa shape index (κ2) is 7.77. The monoisotopic (exact) mass is 388 g/mol. The number of alkyl halides is 1. The van der Waals surface area contributed by atoms with Crippen LogP contribution < -0.4 is 4.74 Å². The highest BCUT2D eigenvalue weighted by atomic mass is 35.5. The van der Waals surface area contributed by atoms with Crippen molar-refractivity contribution in [2.45, 2.75) is 33.6 Å². The lowest BCUT2D eigenvalue weighted by molar-refractivity contribution is -0.143. The van der Waals surface area contributed by atoms with Crippen molar-refractivity contribution in [1.82, 2.24) is 9.78 Å². The Morgan fingerprint density at radius 3 is 2.54 bits per heavy atom. The summed E-state index contributed by atoms with van der Waals surface area (Å²) in [5.74, 6) is 0.0796. The molecule has 0 aliphatic heterocycles. The predicted octanol–water partition coefficient (Wildman–Crippen LogP) is 5.30. The Labute approximate surface area is 156 Å². The summed E-state index contributed by atoms with van der Waals surface area (Å²) < 4.78 is 7.10. The first-order valence-electron chi connectivity index (χ1n) is 7.61. The van der Waals surface area contributed by atoms with Gasteiger partial charge in [0.25, 0.3) is 0 Å². The second-order valence-corrected chi connectivity index (χ2v) is 7.22. The van der Waals surface area contributed by atoms with Crippen molar-refractivity contribution in [2.24, 2.45) is 5.41 Å². The van der Waals surface area contributed by atoms with Gasteiger partial charge in [-0.2, -0.15) is 5.10 Å². The largest absolute Gasteiger partial charge is 0.407 e. The smallest absolute Gasteiger partial charge is 0.319 e. The number of carbonyl (C=O) groups excluding carboxylic acids is 1. The van der Waals surface area contributed by atoms with Crippen LogP contribution >= 0.6 is 34.8 Å². The molecule has 0 aliphatic rings. The van der Waals surface area contributed by atoms with E-state index in [1.54, 1.807) is 42.8 Å². The highest BCUT2D eigenvalue weighted by Gasteiger charge is 2.30. The summed E-state index contributed by atoms with van der Waals surface area (Å²) in [7, 11) is 0. The fourth-order valence-electron chi connectivity index (χ4n) is 1.95. The summed E-state index contributed by atoms with van der Waals surface area (Å²) in [6.45, 7) is 5.52. The number of hydrogen-bond acceptors (Lipinski definition) is 3. The zero-order valence-corrected chi connectivity index (χ0v) is 16.0. The summed E-state index contributed by atoms with van der Waals surface area (Å²) in [5, 5.41) is 5.36. The minimum absolute atomic E-state index is 0.161. The molecule has 0 unspecified atom stereocenters. The van der Waals surface area contributed by atoms with Gasteiger partial charge in [0.05, 0.1) is 26.8 Å². The number of ether oxygens (including phenoxy) is 1. The molecule has 2 aromatic rings. The number of rotatable bonds is 6. The van der Waals surface area contributed by atoms with Gasteiger partial charge in [0.1, 0.15) is 0 Å². The van der Waals surface area contributed by atoms with E-state index in [2.05, 4.69) is 12.0 Å². The van der Waals surface area contributed by atoms with Crippen LogP contribution in [-0.2, 0) is 11.2 Å². The van der Waals surface area contributed by atoms with Crippen LogP contribution in [0, 0.1) is 5.41 Å². The van der Waals surface area contributed by atoms with E-state index in [-0.39, 0.29) is 5.88 Å². The third-order valence-corrected chi connectivity index (χ3v) is 4.87. The first-order chi connectivity index (χ1) is 11.3. The van der Waals surface area contributed by atoms with Gasteiger partial charge in [0.15, 0.2) is 0 Å². The zero-order chi connectivity index (χ0) is 17.9. The van der Waals surface area contributed by atoms with Crippen LogP contribution in [0.5, 0.6) is 5.88 Å². The van der Waals surface area contributed by atoms with Crippen LogP contribution in [-0.4, -0.2) is 21.6 Å². The quantitative estimate of drug-likeness (QED) is 0.497. The Morgan fingerprint density at radius 2 is 1.96 bits per heavy atom. The second-order valence-electron chi connectivity index (χ2n) is 6.14. The molecule has 1 aromatic heterocycles. The summed E-state index contributed by atoms with van der Waals surface area (Å²) in [4.78, 5) is 12.3. The molecule has 0 atom stereocenters. The average molecular weight is 390 g/mol. The zero-order valence-electron chi connectivity index (χ0n) is 13.8. The fourth-order valence-corrected chi connectivity index (χ4v) is 2.35. The number of halogens is 3. The molecule has 7 heteroatoms. The molecule has 1 aromatic carbocycles. The predicted molar refractivity (Wildman–Crippen MR) is 97.7 cm³/mol. The number of nitrogens with zero attached hydrogens (tertiary/aromatic N) is 2.